The number of aromatic amines is 1. The van der Waals surface area contributed by atoms with Crippen LogP contribution in [0.15, 0.2) is 51.4 Å². The van der Waals surface area contributed by atoms with Crippen molar-refractivity contribution in [2.45, 2.75) is 58.9 Å². The van der Waals surface area contributed by atoms with Gasteiger partial charge < -0.3 is 14.1 Å². The van der Waals surface area contributed by atoms with Gasteiger partial charge >= 0.3 is 5.97 Å². The molecule has 10 heteroatoms. The molecule has 1 saturated carbocycles. The van der Waals surface area contributed by atoms with Gasteiger partial charge in [-0.25, -0.2) is 0 Å². The average molecular weight is 595 g/mol. The maximum absolute atomic E-state index is 13.3. The Morgan fingerprint density at radius 3 is 2.59 bits per heavy atom. The third-order valence-electron chi connectivity index (χ3n) is 7.40. The number of hydrogen-bond acceptors (Lipinski definition) is 7. The second-order valence-corrected chi connectivity index (χ2v) is 10.9. The van der Waals surface area contributed by atoms with Gasteiger partial charge in [0.25, 0.3) is 0 Å². The van der Waals surface area contributed by atoms with Crippen LogP contribution in [0.3, 0.4) is 0 Å². The number of halogens is 1. The molecule has 2 aromatic heterocycles. The van der Waals surface area contributed by atoms with Gasteiger partial charge in [0.2, 0.25) is 11.7 Å². The lowest BCUT2D eigenvalue weighted by Crippen LogP contribution is -2.44. The van der Waals surface area contributed by atoms with Crippen molar-refractivity contribution in [3.8, 4) is 22.7 Å². The Labute approximate surface area is 235 Å². The molecule has 4 aromatic rings. The SMILES string of the molecule is CCCC(=O)N(Cc1ccc2oc(-c3ccccc3-c3nn[nH]n3)c(Br)c2c1)CC1(C(=O)OCC)CCCC1. The largest absolute Gasteiger partial charge is 0.466 e. The van der Waals surface area contributed by atoms with E-state index in [1.807, 2.05) is 61.2 Å². The molecule has 2 aromatic carbocycles. The predicted molar refractivity (Wildman–Crippen MR) is 150 cm³/mol. The summed E-state index contributed by atoms with van der Waals surface area (Å²) in [6, 6.07) is 13.7. The smallest absolute Gasteiger partial charge is 0.313 e. The van der Waals surface area contributed by atoms with E-state index in [0.29, 0.717) is 43.3 Å². The van der Waals surface area contributed by atoms with Crippen LogP contribution in [-0.4, -0.2) is 50.6 Å². The standard InChI is InChI=1S/C29H32BrN5O4/c1-3-9-24(36)35(18-29(14-7-8-15-29)28(37)38-4-2)17-19-12-13-23-22(16-19)25(30)26(39-23)20-10-5-6-11-21(20)27-31-33-34-32-27/h5-6,10-13,16H,3-4,7-9,14-15,17-18H2,1-2H3,(H,31,32,33,34). The van der Waals surface area contributed by atoms with Crippen LogP contribution in [0.5, 0.6) is 0 Å². The van der Waals surface area contributed by atoms with E-state index in [9.17, 15) is 9.59 Å². The molecule has 2 heterocycles. The quantitative estimate of drug-likeness (QED) is 0.215. The Morgan fingerprint density at radius 2 is 1.90 bits per heavy atom. The van der Waals surface area contributed by atoms with Crippen molar-refractivity contribution in [1.29, 1.82) is 0 Å². The average Bonchev–Trinajstić information content (AvgIpc) is 3.71. The van der Waals surface area contributed by atoms with E-state index in [1.165, 1.54) is 0 Å². The number of ether oxygens (including phenoxy) is 1. The van der Waals surface area contributed by atoms with Crippen molar-refractivity contribution >= 4 is 38.8 Å². The molecule has 9 nitrogen and oxygen atoms in total. The van der Waals surface area contributed by atoms with Crippen LogP contribution in [0.1, 0.15) is 57.9 Å². The molecule has 0 aliphatic heterocycles. The van der Waals surface area contributed by atoms with Crippen molar-refractivity contribution in [2.24, 2.45) is 5.41 Å². The number of aromatic nitrogens is 4. The van der Waals surface area contributed by atoms with E-state index in [4.69, 9.17) is 9.15 Å². The first kappa shape index (κ1) is 27.1. The third-order valence-corrected chi connectivity index (χ3v) is 8.19. The summed E-state index contributed by atoms with van der Waals surface area (Å²) in [5.74, 6) is 1.00. The van der Waals surface area contributed by atoms with Crippen molar-refractivity contribution < 1.29 is 18.7 Å². The van der Waals surface area contributed by atoms with Crippen LogP contribution in [0.4, 0.5) is 0 Å². The number of nitrogens with one attached hydrogen (secondary N) is 1. The molecule has 5 rings (SSSR count). The van der Waals surface area contributed by atoms with Crippen molar-refractivity contribution in [1.82, 2.24) is 25.5 Å². The number of hydrogen-bond donors (Lipinski definition) is 1. The number of benzene rings is 2. The van der Waals surface area contributed by atoms with Gasteiger partial charge in [0.1, 0.15) is 11.3 Å². The molecule has 1 aliphatic rings. The minimum atomic E-state index is -0.633. The number of esters is 1. The second-order valence-electron chi connectivity index (χ2n) is 10.1. The monoisotopic (exact) mass is 593 g/mol. The van der Waals surface area contributed by atoms with Gasteiger partial charge in [-0.05, 0) is 65.0 Å². The summed E-state index contributed by atoms with van der Waals surface area (Å²) in [7, 11) is 0. The molecule has 204 valence electrons. The van der Waals surface area contributed by atoms with Crippen LogP contribution >= 0.6 is 15.9 Å². The Bertz CT molecular complexity index is 1460. The van der Waals surface area contributed by atoms with Crippen molar-refractivity contribution in [3.05, 3.63) is 52.5 Å². The highest BCUT2D eigenvalue weighted by molar-refractivity contribution is 9.10. The summed E-state index contributed by atoms with van der Waals surface area (Å²) < 4.78 is 12.5. The normalized spacial score (nSPS) is 14.5. The zero-order valence-electron chi connectivity index (χ0n) is 22.2. The number of fused-ring (bicyclic) bond motifs is 1. The highest BCUT2D eigenvalue weighted by atomic mass is 79.9. The summed E-state index contributed by atoms with van der Waals surface area (Å²) in [6.45, 7) is 4.94. The first-order chi connectivity index (χ1) is 19.0. The van der Waals surface area contributed by atoms with Gasteiger partial charge in [-0.3, -0.25) is 9.59 Å². The predicted octanol–water partition coefficient (Wildman–Crippen LogP) is 6.29. The fourth-order valence-corrected chi connectivity index (χ4v) is 6.10. The van der Waals surface area contributed by atoms with Gasteiger partial charge in [0.15, 0.2) is 0 Å². The van der Waals surface area contributed by atoms with Gasteiger partial charge in [-0.2, -0.15) is 5.21 Å². The van der Waals surface area contributed by atoms with Crippen LogP contribution in [0.25, 0.3) is 33.7 Å². The lowest BCUT2D eigenvalue weighted by Gasteiger charge is -2.33. The minimum absolute atomic E-state index is 0.0501. The molecule has 1 aliphatic carbocycles. The fraction of sp³-hybridized carbons (Fsp3) is 0.414. The number of rotatable bonds is 10. The molecule has 0 saturated heterocycles. The molecule has 1 N–H and O–H groups in total. The molecule has 0 spiro atoms. The number of furan rings is 1. The van der Waals surface area contributed by atoms with Crippen molar-refractivity contribution in [2.75, 3.05) is 13.2 Å². The van der Waals surface area contributed by atoms with E-state index in [1.54, 1.807) is 0 Å². The lowest BCUT2D eigenvalue weighted by molar-refractivity contribution is -0.157. The molecule has 1 fully saturated rings. The Hall–Kier alpha value is -3.53. The highest BCUT2D eigenvalue weighted by Gasteiger charge is 2.44. The summed E-state index contributed by atoms with van der Waals surface area (Å²) in [5, 5.41) is 15.3. The molecule has 0 unspecified atom stereocenters. The fourth-order valence-electron chi connectivity index (χ4n) is 5.49. The van der Waals surface area contributed by atoms with Gasteiger partial charge in [0, 0.05) is 36.0 Å². The molecular formula is C29H32BrN5O4. The second kappa shape index (κ2) is 11.7. The van der Waals surface area contributed by atoms with Crippen LogP contribution in [0.2, 0.25) is 0 Å². The summed E-state index contributed by atoms with van der Waals surface area (Å²) in [4.78, 5) is 28.1. The van der Waals surface area contributed by atoms with Crippen LogP contribution in [0, 0.1) is 5.41 Å². The number of carbonyl (C=O) groups is 2. The summed E-state index contributed by atoms with van der Waals surface area (Å²) in [6.07, 6.45) is 4.62. The number of tetrazole rings is 1. The number of nitrogens with zero attached hydrogens (tertiary/aromatic N) is 4. The van der Waals surface area contributed by atoms with E-state index in [2.05, 4.69) is 36.6 Å². The topological polar surface area (TPSA) is 114 Å². The van der Waals surface area contributed by atoms with Gasteiger partial charge in [0.05, 0.1) is 16.5 Å². The maximum atomic E-state index is 13.3. The Balaban J connectivity index is 1.47. The van der Waals surface area contributed by atoms with Crippen LogP contribution in [-0.2, 0) is 20.9 Å². The summed E-state index contributed by atoms with van der Waals surface area (Å²) in [5.41, 5.74) is 2.67. The number of H-pyrrole nitrogens is 1. The van der Waals surface area contributed by atoms with Gasteiger partial charge in [-0.15, -0.1) is 10.2 Å². The molecular weight excluding hydrogens is 562 g/mol. The minimum Gasteiger partial charge on any atom is -0.466 e. The third kappa shape index (κ3) is 5.48. The lowest BCUT2D eigenvalue weighted by atomic mass is 9.85. The molecule has 0 radical (unpaired) electrons. The van der Waals surface area contributed by atoms with Gasteiger partial charge in [-0.1, -0.05) is 50.1 Å². The van der Waals surface area contributed by atoms with E-state index >= 15 is 0 Å². The Kier molecular flexibility index (Phi) is 8.11. The van der Waals surface area contributed by atoms with Crippen molar-refractivity contribution in [3.63, 3.8) is 0 Å². The first-order valence-corrected chi connectivity index (χ1v) is 14.2. The zero-order valence-corrected chi connectivity index (χ0v) is 23.8. The van der Waals surface area contributed by atoms with E-state index < -0.39 is 5.41 Å². The summed E-state index contributed by atoms with van der Waals surface area (Å²) >= 11 is 3.76. The highest BCUT2D eigenvalue weighted by Crippen LogP contribution is 2.42. The first-order valence-electron chi connectivity index (χ1n) is 13.4. The van der Waals surface area contributed by atoms with Crippen LogP contribution < -0.4 is 0 Å². The molecule has 1 amide bonds. The maximum Gasteiger partial charge on any atom is 0.313 e. The molecule has 39 heavy (non-hydrogen) atoms. The number of amides is 1. The zero-order chi connectivity index (χ0) is 27.4. The molecule has 0 bridgehead atoms. The Morgan fingerprint density at radius 1 is 1.13 bits per heavy atom. The van der Waals surface area contributed by atoms with E-state index in [0.717, 1.165) is 58.7 Å². The number of carbonyl (C=O) groups excluding carboxylic acids is 2. The molecule has 0 atom stereocenters. The van der Waals surface area contributed by atoms with E-state index in [-0.39, 0.29) is 11.9 Å².